The number of ether oxygens (including phenoxy) is 2. The van der Waals surface area contributed by atoms with E-state index >= 15 is 0 Å². The van der Waals surface area contributed by atoms with Gasteiger partial charge >= 0.3 is 0 Å². The summed E-state index contributed by atoms with van der Waals surface area (Å²) in [5.74, 6) is 1.53. The van der Waals surface area contributed by atoms with Crippen molar-refractivity contribution in [3.63, 3.8) is 0 Å². The fourth-order valence-corrected chi connectivity index (χ4v) is 3.30. The first-order chi connectivity index (χ1) is 9.04. The number of aromatic nitrogens is 1. The van der Waals surface area contributed by atoms with Gasteiger partial charge in [0.05, 0.1) is 13.2 Å². The summed E-state index contributed by atoms with van der Waals surface area (Å²) in [5, 5.41) is 0. The average molecular weight is 284 g/mol. The predicted octanol–water partition coefficient (Wildman–Crippen LogP) is 3.28. The van der Waals surface area contributed by atoms with E-state index in [0.29, 0.717) is 5.88 Å². The quantitative estimate of drug-likeness (QED) is 0.795. The zero-order valence-electron chi connectivity index (χ0n) is 12.1. The molecule has 4 heteroatoms. The van der Waals surface area contributed by atoms with E-state index in [1.807, 2.05) is 13.1 Å². The van der Waals surface area contributed by atoms with Crippen LogP contribution in [0.4, 0.5) is 0 Å². The largest absolute Gasteiger partial charge is 0.496 e. The van der Waals surface area contributed by atoms with Crippen molar-refractivity contribution in [3.05, 3.63) is 23.0 Å². The minimum Gasteiger partial charge on any atom is -0.496 e. The van der Waals surface area contributed by atoms with Crippen molar-refractivity contribution in [1.82, 2.24) is 4.98 Å². The van der Waals surface area contributed by atoms with Gasteiger partial charge in [-0.15, -0.1) is 11.6 Å². The van der Waals surface area contributed by atoms with Gasteiger partial charge in [0.1, 0.15) is 5.75 Å². The molecule has 0 aromatic carbocycles. The van der Waals surface area contributed by atoms with Crippen LogP contribution in [0.2, 0.25) is 0 Å². The molecule has 0 amide bonds. The van der Waals surface area contributed by atoms with Gasteiger partial charge in [-0.3, -0.25) is 4.98 Å². The van der Waals surface area contributed by atoms with Crippen LogP contribution in [0.3, 0.4) is 0 Å². The summed E-state index contributed by atoms with van der Waals surface area (Å²) in [6.07, 6.45) is 3.90. The Bertz CT molecular complexity index is 464. The lowest BCUT2D eigenvalue weighted by Crippen LogP contribution is -2.33. The van der Waals surface area contributed by atoms with E-state index in [0.717, 1.165) is 42.0 Å². The van der Waals surface area contributed by atoms with E-state index in [9.17, 15) is 0 Å². The molecule has 2 unspecified atom stereocenters. The second kappa shape index (κ2) is 5.68. The smallest absolute Gasteiger partial charge is 0.128 e. The van der Waals surface area contributed by atoms with Crippen molar-refractivity contribution in [1.29, 1.82) is 0 Å². The molecule has 0 bridgehead atoms. The normalized spacial score (nSPS) is 26.7. The van der Waals surface area contributed by atoms with Crippen LogP contribution < -0.4 is 4.74 Å². The highest BCUT2D eigenvalue weighted by molar-refractivity contribution is 6.18. The van der Waals surface area contributed by atoms with Gasteiger partial charge in [-0.1, -0.05) is 0 Å². The molecule has 3 nitrogen and oxygen atoms in total. The van der Waals surface area contributed by atoms with Gasteiger partial charge in [0.15, 0.2) is 0 Å². The molecule has 0 N–H and O–H groups in total. The minimum atomic E-state index is -0.000412. The number of aryl methyl sites for hydroxylation is 1. The molecular weight excluding hydrogens is 262 g/mol. The summed E-state index contributed by atoms with van der Waals surface area (Å²) in [7, 11) is 1.71. The van der Waals surface area contributed by atoms with Crippen molar-refractivity contribution >= 4 is 11.6 Å². The van der Waals surface area contributed by atoms with Crippen molar-refractivity contribution < 1.29 is 9.47 Å². The summed E-state index contributed by atoms with van der Waals surface area (Å²) in [4.78, 5) is 4.58. The van der Waals surface area contributed by atoms with Crippen molar-refractivity contribution in [2.45, 2.75) is 39.7 Å². The molecule has 2 rings (SSSR count). The molecule has 19 heavy (non-hydrogen) atoms. The van der Waals surface area contributed by atoms with Gasteiger partial charge in [-0.2, -0.15) is 0 Å². The summed E-state index contributed by atoms with van der Waals surface area (Å²) >= 11 is 6.23. The Kier molecular flexibility index (Phi) is 4.36. The number of hydrogen-bond acceptors (Lipinski definition) is 3. The van der Waals surface area contributed by atoms with Gasteiger partial charge in [0, 0.05) is 40.9 Å². The Labute approximate surface area is 120 Å². The van der Waals surface area contributed by atoms with Gasteiger partial charge < -0.3 is 9.47 Å². The molecule has 0 saturated carbocycles. The second-order valence-electron chi connectivity index (χ2n) is 5.48. The van der Waals surface area contributed by atoms with Crippen molar-refractivity contribution in [3.8, 4) is 5.75 Å². The molecule has 0 aliphatic carbocycles. The zero-order valence-corrected chi connectivity index (χ0v) is 12.9. The third kappa shape index (κ3) is 2.59. The highest BCUT2D eigenvalue weighted by Gasteiger charge is 2.41. The number of nitrogens with zero attached hydrogens (tertiary/aromatic N) is 1. The van der Waals surface area contributed by atoms with Crippen LogP contribution in [0.25, 0.3) is 0 Å². The summed E-state index contributed by atoms with van der Waals surface area (Å²) < 4.78 is 11.2. The lowest BCUT2D eigenvalue weighted by Gasteiger charge is -2.30. The fourth-order valence-electron chi connectivity index (χ4n) is 2.86. The third-order valence-electron chi connectivity index (χ3n) is 4.37. The number of alkyl halides is 1. The number of methoxy groups -OCH3 is 1. The lowest BCUT2D eigenvalue weighted by atomic mass is 9.78. The van der Waals surface area contributed by atoms with E-state index in [1.165, 1.54) is 0 Å². The molecule has 1 aromatic heterocycles. The highest BCUT2D eigenvalue weighted by Crippen LogP contribution is 2.40. The summed E-state index contributed by atoms with van der Waals surface area (Å²) in [5.41, 5.74) is 3.26. The molecule has 106 valence electrons. The standard InChI is InChI=1S/C15H22ClNO2/c1-10-8-17-13(11(2)14(10)18-4)7-15(9-16)5-6-19-12(15)3/h8,12H,5-7,9H2,1-4H3. The monoisotopic (exact) mass is 283 g/mol. The maximum atomic E-state index is 6.23. The molecule has 0 spiro atoms. The highest BCUT2D eigenvalue weighted by atomic mass is 35.5. The van der Waals surface area contributed by atoms with Gasteiger partial charge in [0.25, 0.3) is 0 Å². The van der Waals surface area contributed by atoms with Crippen LogP contribution in [0, 0.1) is 19.3 Å². The van der Waals surface area contributed by atoms with Crippen LogP contribution in [0.5, 0.6) is 5.75 Å². The van der Waals surface area contributed by atoms with E-state index in [4.69, 9.17) is 21.1 Å². The fraction of sp³-hybridized carbons (Fsp3) is 0.667. The first kappa shape index (κ1) is 14.6. The Morgan fingerprint density at radius 3 is 2.79 bits per heavy atom. The lowest BCUT2D eigenvalue weighted by molar-refractivity contribution is 0.0730. The Hall–Kier alpha value is -0.800. The van der Waals surface area contributed by atoms with Crippen LogP contribution in [-0.2, 0) is 11.2 Å². The number of halogens is 1. The van der Waals surface area contributed by atoms with E-state index < -0.39 is 0 Å². The molecule has 2 atom stereocenters. The van der Waals surface area contributed by atoms with Crippen LogP contribution >= 0.6 is 11.6 Å². The molecule has 1 fully saturated rings. The SMILES string of the molecule is COc1c(C)cnc(CC2(CCl)CCOC2C)c1C. The molecule has 1 aliphatic rings. The van der Waals surface area contributed by atoms with Gasteiger partial charge in [-0.05, 0) is 33.6 Å². The van der Waals surface area contributed by atoms with Crippen LogP contribution in [-0.4, -0.2) is 30.7 Å². The van der Waals surface area contributed by atoms with Crippen molar-refractivity contribution in [2.75, 3.05) is 19.6 Å². The first-order valence-electron chi connectivity index (χ1n) is 6.70. The van der Waals surface area contributed by atoms with Gasteiger partial charge in [-0.25, -0.2) is 0 Å². The number of pyridine rings is 1. The number of hydrogen-bond donors (Lipinski definition) is 0. The topological polar surface area (TPSA) is 31.4 Å². The van der Waals surface area contributed by atoms with E-state index in [-0.39, 0.29) is 11.5 Å². The number of rotatable bonds is 4. The minimum absolute atomic E-state index is 0.000412. The van der Waals surface area contributed by atoms with Crippen molar-refractivity contribution in [2.24, 2.45) is 5.41 Å². The van der Waals surface area contributed by atoms with Gasteiger partial charge in [0.2, 0.25) is 0 Å². The Morgan fingerprint density at radius 2 is 2.26 bits per heavy atom. The molecular formula is C15H22ClNO2. The Morgan fingerprint density at radius 1 is 1.53 bits per heavy atom. The second-order valence-corrected chi connectivity index (χ2v) is 5.75. The third-order valence-corrected chi connectivity index (χ3v) is 4.90. The van der Waals surface area contributed by atoms with E-state index in [1.54, 1.807) is 7.11 Å². The molecule has 1 aromatic rings. The van der Waals surface area contributed by atoms with Crippen LogP contribution in [0.15, 0.2) is 6.20 Å². The molecule has 1 aliphatic heterocycles. The molecule has 2 heterocycles. The maximum absolute atomic E-state index is 6.23. The average Bonchev–Trinajstić information content (AvgIpc) is 2.76. The maximum Gasteiger partial charge on any atom is 0.128 e. The predicted molar refractivity (Wildman–Crippen MR) is 77.2 cm³/mol. The molecule has 1 saturated heterocycles. The summed E-state index contributed by atoms with van der Waals surface area (Å²) in [6, 6.07) is 0. The van der Waals surface area contributed by atoms with E-state index in [2.05, 4.69) is 18.8 Å². The first-order valence-corrected chi connectivity index (χ1v) is 7.24. The zero-order chi connectivity index (χ0) is 14.0. The molecule has 0 radical (unpaired) electrons. The van der Waals surface area contributed by atoms with Crippen LogP contribution in [0.1, 0.15) is 30.2 Å². The summed E-state index contributed by atoms with van der Waals surface area (Å²) in [6.45, 7) is 6.98. The Balaban J connectivity index is 2.33.